The van der Waals surface area contributed by atoms with Gasteiger partial charge in [-0.1, -0.05) is 6.07 Å². The van der Waals surface area contributed by atoms with Crippen molar-refractivity contribution in [1.82, 2.24) is 9.38 Å². The lowest BCUT2D eigenvalue weighted by Gasteiger charge is -2.03. The molecule has 0 spiro atoms. The summed E-state index contributed by atoms with van der Waals surface area (Å²) in [6.45, 7) is 1.78. The first-order valence-corrected chi connectivity index (χ1v) is 5.40. The molecule has 15 heavy (non-hydrogen) atoms. The first-order valence-electron chi connectivity index (χ1n) is 5.40. The van der Waals surface area contributed by atoms with E-state index in [0.29, 0.717) is 5.92 Å². The van der Waals surface area contributed by atoms with E-state index >= 15 is 0 Å². The minimum atomic E-state index is -0.416. The van der Waals surface area contributed by atoms with E-state index in [1.807, 2.05) is 22.7 Å². The second kappa shape index (κ2) is 3.07. The van der Waals surface area contributed by atoms with Crippen molar-refractivity contribution in [2.24, 2.45) is 0 Å². The quantitative estimate of drug-likeness (QED) is 0.811. The van der Waals surface area contributed by atoms with Crippen LogP contribution in [0.15, 0.2) is 24.5 Å². The van der Waals surface area contributed by atoms with Crippen molar-refractivity contribution < 1.29 is 5.11 Å². The van der Waals surface area contributed by atoms with Crippen molar-refractivity contribution in [3.8, 4) is 0 Å². The summed E-state index contributed by atoms with van der Waals surface area (Å²) in [5.41, 5.74) is 3.10. The van der Waals surface area contributed by atoms with Gasteiger partial charge in [-0.05, 0) is 31.4 Å². The van der Waals surface area contributed by atoms with Gasteiger partial charge in [0.05, 0.1) is 11.8 Å². The van der Waals surface area contributed by atoms with Crippen LogP contribution in [0.25, 0.3) is 5.65 Å². The van der Waals surface area contributed by atoms with Gasteiger partial charge in [-0.15, -0.1) is 0 Å². The third-order valence-corrected chi connectivity index (χ3v) is 2.97. The molecule has 1 N–H and O–H groups in total. The molecule has 0 bridgehead atoms. The van der Waals surface area contributed by atoms with Crippen molar-refractivity contribution in [1.29, 1.82) is 0 Å². The molecule has 2 aromatic heterocycles. The zero-order valence-electron chi connectivity index (χ0n) is 8.72. The fraction of sp³-hybridized carbons (Fsp3) is 0.417. The summed E-state index contributed by atoms with van der Waals surface area (Å²) in [5.74, 6) is 0.680. The van der Waals surface area contributed by atoms with Crippen molar-refractivity contribution >= 4 is 5.65 Å². The summed E-state index contributed by atoms with van der Waals surface area (Å²) in [5, 5.41) is 9.48. The second-order valence-corrected chi connectivity index (χ2v) is 4.34. The zero-order chi connectivity index (χ0) is 10.4. The third-order valence-electron chi connectivity index (χ3n) is 2.97. The highest BCUT2D eigenvalue weighted by Crippen LogP contribution is 2.39. The lowest BCUT2D eigenvalue weighted by Crippen LogP contribution is -1.93. The lowest BCUT2D eigenvalue weighted by molar-refractivity contribution is 0.199. The number of fused-ring (bicyclic) bond motifs is 1. The van der Waals surface area contributed by atoms with Gasteiger partial charge >= 0.3 is 0 Å². The summed E-state index contributed by atoms with van der Waals surface area (Å²) in [7, 11) is 0. The van der Waals surface area contributed by atoms with Crippen molar-refractivity contribution in [2.75, 3.05) is 0 Å². The highest BCUT2D eigenvalue weighted by molar-refractivity contribution is 5.42. The van der Waals surface area contributed by atoms with Gasteiger partial charge < -0.3 is 9.51 Å². The molecular formula is C12H14N2O. The monoisotopic (exact) mass is 202 g/mol. The Balaban J connectivity index is 2.09. The summed E-state index contributed by atoms with van der Waals surface area (Å²) in [4.78, 5) is 4.56. The topological polar surface area (TPSA) is 37.5 Å². The van der Waals surface area contributed by atoms with E-state index in [1.54, 1.807) is 6.92 Å². The molecule has 0 saturated heterocycles. The maximum absolute atomic E-state index is 9.48. The Morgan fingerprint density at radius 1 is 1.40 bits per heavy atom. The molecular weight excluding hydrogens is 188 g/mol. The molecule has 1 fully saturated rings. The van der Waals surface area contributed by atoms with Crippen LogP contribution in [0.3, 0.4) is 0 Å². The van der Waals surface area contributed by atoms with Crippen molar-refractivity contribution in [3.05, 3.63) is 35.8 Å². The van der Waals surface area contributed by atoms with Gasteiger partial charge in [0.25, 0.3) is 0 Å². The largest absolute Gasteiger partial charge is 0.389 e. The van der Waals surface area contributed by atoms with Crippen LogP contribution in [-0.4, -0.2) is 14.5 Å². The predicted octanol–water partition coefficient (Wildman–Crippen LogP) is 2.26. The molecule has 0 aliphatic heterocycles. The number of aromatic nitrogens is 2. The van der Waals surface area contributed by atoms with E-state index in [-0.39, 0.29) is 0 Å². The first kappa shape index (κ1) is 8.92. The number of imidazole rings is 1. The first-order chi connectivity index (χ1) is 7.24. The molecule has 3 nitrogen and oxygen atoms in total. The minimum absolute atomic E-state index is 0.416. The van der Waals surface area contributed by atoms with Crippen LogP contribution in [0.4, 0.5) is 0 Å². The Kier molecular flexibility index (Phi) is 1.83. The summed E-state index contributed by atoms with van der Waals surface area (Å²) < 4.78 is 2.01. The normalized spacial score (nSPS) is 18.3. The SMILES string of the molecule is CC(O)c1ccc2nc(C3CC3)cn2c1. The van der Waals surface area contributed by atoms with Gasteiger partial charge in [0.2, 0.25) is 0 Å². The molecule has 1 aliphatic carbocycles. The van der Waals surface area contributed by atoms with E-state index in [4.69, 9.17) is 0 Å². The minimum Gasteiger partial charge on any atom is -0.389 e. The van der Waals surface area contributed by atoms with Gasteiger partial charge in [-0.2, -0.15) is 0 Å². The lowest BCUT2D eigenvalue weighted by atomic mass is 10.2. The Labute approximate surface area is 88.4 Å². The Morgan fingerprint density at radius 3 is 2.87 bits per heavy atom. The standard InChI is InChI=1S/C12H14N2O/c1-8(15)10-4-5-12-13-11(9-2-3-9)7-14(12)6-10/h4-9,15H,2-3H2,1H3. The van der Waals surface area contributed by atoms with Gasteiger partial charge in [-0.25, -0.2) is 4.98 Å². The van der Waals surface area contributed by atoms with E-state index < -0.39 is 6.10 Å². The number of aliphatic hydroxyl groups is 1. The van der Waals surface area contributed by atoms with E-state index in [0.717, 1.165) is 11.2 Å². The molecule has 2 heterocycles. The number of aliphatic hydroxyl groups excluding tert-OH is 1. The number of pyridine rings is 1. The molecule has 1 unspecified atom stereocenters. The highest BCUT2D eigenvalue weighted by Gasteiger charge is 2.26. The summed E-state index contributed by atoms with van der Waals surface area (Å²) in [6, 6.07) is 3.90. The molecule has 1 aliphatic rings. The van der Waals surface area contributed by atoms with Gasteiger partial charge in [0.1, 0.15) is 5.65 Å². The highest BCUT2D eigenvalue weighted by atomic mass is 16.3. The van der Waals surface area contributed by atoms with Gasteiger partial charge in [-0.3, -0.25) is 0 Å². The molecule has 0 aromatic carbocycles. The number of rotatable bonds is 2. The Morgan fingerprint density at radius 2 is 2.20 bits per heavy atom. The molecule has 2 aromatic rings. The van der Waals surface area contributed by atoms with Crippen LogP contribution in [0, 0.1) is 0 Å². The molecule has 3 rings (SSSR count). The smallest absolute Gasteiger partial charge is 0.137 e. The van der Waals surface area contributed by atoms with Crippen LogP contribution in [-0.2, 0) is 0 Å². The van der Waals surface area contributed by atoms with Crippen LogP contribution < -0.4 is 0 Å². The molecule has 78 valence electrons. The predicted molar refractivity (Wildman–Crippen MR) is 57.8 cm³/mol. The van der Waals surface area contributed by atoms with E-state index in [2.05, 4.69) is 11.2 Å². The zero-order valence-corrected chi connectivity index (χ0v) is 8.72. The maximum Gasteiger partial charge on any atom is 0.137 e. The number of hydrogen-bond donors (Lipinski definition) is 1. The van der Waals surface area contributed by atoms with E-state index in [1.165, 1.54) is 18.5 Å². The maximum atomic E-state index is 9.48. The Hall–Kier alpha value is -1.35. The second-order valence-electron chi connectivity index (χ2n) is 4.34. The number of hydrogen-bond acceptors (Lipinski definition) is 2. The third kappa shape index (κ3) is 1.53. The fourth-order valence-electron chi connectivity index (χ4n) is 1.85. The van der Waals surface area contributed by atoms with Crippen molar-refractivity contribution in [3.63, 3.8) is 0 Å². The molecule has 0 amide bonds. The Bertz CT molecular complexity index is 497. The molecule has 3 heteroatoms. The van der Waals surface area contributed by atoms with Crippen LogP contribution in [0.5, 0.6) is 0 Å². The van der Waals surface area contributed by atoms with Crippen LogP contribution >= 0.6 is 0 Å². The van der Waals surface area contributed by atoms with E-state index in [9.17, 15) is 5.11 Å². The number of nitrogens with zero attached hydrogens (tertiary/aromatic N) is 2. The van der Waals surface area contributed by atoms with Gasteiger partial charge in [0.15, 0.2) is 0 Å². The molecule has 1 atom stereocenters. The molecule has 1 saturated carbocycles. The van der Waals surface area contributed by atoms with Crippen molar-refractivity contribution in [2.45, 2.75) is 31.8 Å². The van der Waals surface area contributed by atoms with Gasteiger partial charge in [0, 0.05) is 18.3 Å². The molecule has 0 radical (unpaired) electrons. The average Bonchev–Trinajstić information content (AvgIpc) is 2.97. The van der Waals surface area contributed by atoms with Crippen LogP contribution in [0.2, 0.25) is 0 Å². The average molecular weight is 202 g/mol. The van der Waals surface area contributed by atoms with Crippen LogP contribution in [0.1, 0.15) is 43.0 Å². The summed E-state index contributed by atoms with van der Waals surface area (Å²) >= 11 is 0. The fourth-order valence-corrected chi connectivity index (χ4v) is 1.85. The summed E-state index contributed by atoms with van der Waals surface area (Å²) in [6.07, 6.45) is 6.17.